The molecule has 0 aliphatic carbocycles. The Balaban J connectivity index is 1.59. The lowest BCUT2D eigenvalue weighted by atomic mass is 10.00. The zero-order valence-electron chi connectivity index (χ0n) is 16.9. The van der Waals surface area contributed by atoms with E-state index in [1.54, 1.807) is 53.0 Å². The Kier molecular flexibility index (Phi) is 4.09. The van der Waals surface area contributed by atoms with Gasteiger partial charge in [0.15, 0.2) is 17.2 Å². The predicted molar refractivity (Wildman–Crippen MR) is 117 cm³/mol. The molecule has 2 aromatic carbocycles. The fraction of sp³-hybridized carbons (Fsp3) is 0.182. The van der Waals surface area contributed by atoms with E-state index in [1.807, 2.05) is 6.07 Å². The van der Waals surface area contributed by atoms with Gasteiger partial charge >= 0.3 is 5.69 Å². The SMILES string of the molecule is Cn1c(=O)n(C2CCOc3c(F)cccc32)c2nc(-n3cnc4ccc(Cl)cc43)ncc21. The number of imidazole rings is 2. The van der Waals surface area contributed by atoms with Gasteiger partial charge in [0.05, 0.1) is 29.9 Å². The Morgan fingerprint density at radius 1 is 1.19 bits per heavy atom. The molecule has 8 nitrogen and oxygen atoms in total. The summed E-state index contributed by atoms with van der Waals surface area (Å²) in [5, 5.41) is 0.567. The third kappa shape index (κ3) is 2.67. The van der Waals surface area contributed by atoms with Crippen molar-refractivity contribution >= 4 is 33.8 Å². The molecule has 0 spiro atoms. The number of para-hydroxylation sites is 1. The number of benzene rings is 2. The molecule has 1 aliphatic heterocycles. The molecule has 6 rings (SSSR count). The summed E-state index contributed by atoms with van der Waals surface area (Å²) in [5.74, 6) is 0.0860. The molecule has 1 aliphatic rings. The number of nitrogens with zero attached hydrogens (tertiary/aromatic N) is 6. The Hall–Kier alpha value is -3.72. The highest BCUT2D eigenvalue weighted by atomic mass is 35.5. The van der Waals surface area contributed by atoms with Gasteiger partial charge in [-0.2, -0.15) is 4.98 Å². The van der Waals surface area contributed by atoms with Crippen LogP contribution >= 0.6 is 11.6 Å². The molecule has 0 bridgehead atoms. The highest BCUT2D eigenvalue weighted by Crippen LogP contribution is 2.37. The second-order valence-electron chi connectivity index (χ2n) is 7.65. The average Bonchev–Trinajstić information content (AvgIpc) is 3.32. The summed E-state index contributed by atoms with van der Waals surface area (Å²) in [6.45, 7) is 0.296. The van der Waals surface area contributed by atoms with Gasteiger partial charge in [-0.3, -0.25) is 13.7 Å². The summed E-state index contributed by atoms with van der Waals surface area (Å²) in [4.78, 5) is 26.8. The van der Waals surface area contributed by atoms with E-state index in [-0.39, 0.29) is 11.4 Å². The third-order valence-corrected chi connectivity index (χ3v) is 6.09. The Morgan fingerprint density at radius 3 is 2.94 bits per heavy atom. The molecular weight excluding hydrogens is 435 g/mol. The highest BCUT2D eigenvalue weighted by molar-refractivity contribution is 6.31. The van der Waals surface area contributed by atoms with Gasteiger partial charge in [0.2, 0.25) is 5.95 Å². The minimum Gasteiger partial charge on any atom is -0.490 e. The van der Waals surface area contributed by atoms with Crippen LogP contribution in [0.2, 0.25) is 5.02 Å². The number of hydrogen-bond donors (Lipinski definition) is 0. The topological polar surface area (TPSA) is 79.8 Å². The number of aromatic nitrogens is 6. The van der Waals surface area contributed by atoms with E-state index in [1.165, 1.54) is 10.6 Å². The Labute approximate surface area is 185 Å². The molecule has 0 N–H and O–H groups in total. The van der Waals surface area contributed by atoms with E-state index in [2.05, 4.69) is 9.97 Å². The fourth-order valence-electron chi connectivity index (χ4n) is 4.30. The van der Waals surface area contributed by atoms with Crippen LogP contribution in [0.25, 0.3) is 28.1 Å². The number of rotatable bonds is 2. The molecule has 0 radical (unpaired) electrons. The van der Waals surface area contributed by atoms with E-state index < -0.39 is 11.9 Å². The van der Waals surface area contributed by atoms with Crippen LogP contribution in [-0.4, -0.2) is 35.3 Å². The standard InChI is InChI=1S/C22H16ClFN6O2/c1-28-18-10-25-21(29-11-26-15-6-5-12(23)9-17(15)29)27-20(18)30(22(28)31)16-7-8-32-19-13(16)3-2-4-14(19)24/h2-6,9-11,16H,7-8H2,1H3. The fourth-order valence-corrected chi connectivity index (χ4v) is 4.47. The van der Waals surface area contributed by atoms with Crippen molar-refractivity contribution in [2.75, 3.05) is 6.61 Å². The minimum atomic E-state index is -0.447. The van der Waals surface area contributed by atoms with Crippen LogP contribution in [0, 0.1) is 5.82 Å². The summed E-state index contributed by atoms with van der Waals surface area (Å²) in [7, 11) is 1.67. The van der Waals surface area contributed by atoms with Crippen LogP contribution in [0.1, 0.15) is 18.0 Å². The van der Waals surface area contributed by atoms with Crippen molar-refractivity contribution in [3.63, 3.8) is 0 Å². The van der Waals surface area contributed by atoms with Gasteiger partial charge < -0.3 is 4.74 Å². The van der Waals surface area contributed by atoms with Crippen molar-refractivity contribution < 1.29 is 9.13 Å². The van der Waals surface area contributed by atoms with Gasteiger partial charge in [0.1, 0.15) is 11.8 Å². The van der Waals surface area contributed by atoms with Crippen LogP contribution in [0.15, 0.2) is 53.7 Å². The molecule has 1 atom stereocenters. The number of aryl methyl sites for hydroxylation is 1. The molecule has 0 saturated carbocycles. The summed E-state index contributed by atoms with van der Waals surface area (Å²) in [6, 6.07) is 9.70. The first-order valence-electron chi connectivity index (χ1n) is 10.0. The lowest BCUT2D eigenvalue weighted by Crippen LogP contribution is -2.30. The van der Waals surface area contributed by atoms with Gasteiger partial charge in [-0.15, -0.1) is 0 Å². The van der Waals surface area contributed by atoms with Crippen molar-refractivity contribution in [2.24, 2.45) is 7.05 Å². The molecule has 0 saturated heterocycles. The number of ether oxygens (including phenoxy) is 1. The van der Waals surface area contributed by atoms with E-state index in [4.69, 9.17) is 21.3 Å². The molecular formula is C22H16ClFN6O2. The van der Waals surface area contributed by atoms with Crippen molar-refractivity contribution in [2.45, 2.75) is 12.5 Å². The molecule has 10 heteroatoms. The second kappa shape index (κ2) is 6.89. The molecule has 0 amide bonds. The van der Waals surface area contributed by atoms with Crippen molar-refractivity contribution in [1.82, 2.24) is 28.7 Å². The molecule has 0 fully saturated rings. The molecule has 32 heavy (non-hydrogen) atoms. The minimum absolute atomic E-state index is 0.178. The maximum Gasteiger partial charge on any atom is 0.330 e. The van der Waals surface area contributed by atoms with Gasteiger partial charge in [0, 0.05) is 24.1 Å². The number of halogens is 2. The van der Waals surface area contributed by atoms with E-state index in [0.717, 1.165) is 11.0 Å². The maximum atomic E-state index is 14.3. The molecule has 4 heterocycles. The zero-order valence-corrected chi connectivity index (χ0v) is 17.6. The van der Waals surface area contributed by atoms with Crippen LogP contribution in [0.3, 0.4) is 0 Å². The second-order valence-corrected chi connectivity index (χ2v) is 8.09. The van der Waals surface area contributed by atoms with Crippen LogP contribution in [-0.2, 0) is 7.05 Å². The van der Waals surface area contributed by atoms with E-state index in [0.29, 0.717) is 40.7 Å². The van der Waals surface area contributed by atoms with Gasteiger partial charge in [-0.05, 0) is 24.3 Å². The first-order valence-corrected chi connectivity index (χ1v) is 10.4. The van der Waals surface area contributed by atoms with Crippen molar-refractivity contribution in [3.8, 4) is 11.7 Å². The summed E-state index contributed by atoms with van der Waals surface area (Å²) in [6.07, 6.45) is 3.74. The summed E-state index contributed by atoms with van der Waals surface area (Å²) in [5.41, 5.74) is 2.88. The molecule has 3 aromatic heterocycles. The van der Waals surface area contributed by atoms with Crippen molar-refractivity contribution in [1.29, 1.82) is 0 Å². The molecule has 1 unspecified atom stereocenters. The monoisotopic (exact) mass is 450 g/mol. The van der Waals surface area contributed by atoms with E-state index >= 15 is 0 Å². The van der Waals surface area contributed by atoms with Gasteiger partial charge in [0.25, 0.3) is 0 Å². The van der Waals surface area contributed by atoms with E-state index in [9.17, 15) is 9.18 Å². The largest absolute Gasteiger partial charge is 0.490 e. The Morgan fingerprint density at radius 2 is 2.06 bits per heavy atom. The molecule has 160 valence electrons. The lowest BCUT2D eigenvalue weighted by Gasteiger charge is -2.26. The lowest BCUT2D eigenvalue weighted by molar-refractivity contribution is 0.243. The smallest absolute Gasteiger partial charge is 0.330 e. The van der Waals surface area contributed by atoms with Crippen LogP contribution in [0.5, 0.6) is 5.75 Å². The average molecular weight is 451 g/mol. The zero-order chi connectivity index (χ0) is 22.0. The maximum absolute atomic E-state index is 14.3. The van der Waals surface area contributed by atoms with Gasteiger partial charge in [-0.25, -0.2) is 19.2 Å². The quantitative estimate of drug-likeness (QED) is 0.410. The van der Waals surface area contributed by atoms with Gasteiger partial charge in [-0.1, -0.05) is 23.7 Å². The first-order chi connectivity index (χ1) is 15.5. The first kappa shape index (κ1) is 19.0. The number of hydrogen-bond acceptors (Lipinski definition) is 5. The van der Waals surface area contributed by atoms with Crippen molar-refractivity contribution in [3.05, 3.63) is 75.8 Å². The van der Waals surface area contributed by atoms with Crippen LogP contribution < -0.4 is 10.4 Å². The molecule has 5 aromatic rings. The number of fused-ring (bicyclic) bond motifs is 3. The Bertz CT molecular complexity index is 1590. The third-order valence-electron chi connectivity index (χ3n) is 5.85. The summed E-state index contributed by atoms with van der Waals surface area (Å²) < 4.78 is 24.7. The highest BCUT2D eigenvalue weighted by Gasteiger charge is 2.29. The van der Waals surface area contributed by atoms with Crippen LogP contribution in [0.4, 0.5) is 4.39 Å². The predicted octanol–water partition coefficient (Wildman–Crippen LogP) is 3.63. The summed E-state index contributed by atoms with van der Waals surface area (Å²) >= 11 is 6.17. The normalized spacial score (nSPS) is 15.8.